The first-order chi connectivity index (χ1) is 9.38. The van der Waals surface area contributed by atoms with Gasteiger partial charge in [-0.1, -0.05) is 0 Å². The average molecular weight is 296 g/mol. The first-order valence-corrected chi connectivity index (χ1v) is 6.82. The summed E-state index contributed by atoms with van der Waals surface area (Å²) in [5.74, 6) is -2.69. The summed E-state index contributed by atoms with van der Waals surface area (Å²) in [7, 11) is 0. The summed E-state index contributed by atoms with van der Waals surface area (Å²) in [4.78, 5) is 14.2. The lowest BCUT2D eigenvalue weighted by molar-refractivity contribution is 0.0941. The zero-order chi connectivity index (χ0) is 14.9. The van der Waals surface area contributed by atoms with Crippen molar-refractivity contribution in [3.8, 4) is 0 Å². The maximum Gasteiger partial charge on any atom is 0.253 e. The molecule has 0 fully saturated rings. The molecule has 0 aliphatic rings. The number of aryl methyl sites for hydroxylation is 1. The number of halogens is 2. The molecule has 1 unspecified atom stereocenters. The van der Waals surface area contributed by atoms with Gasteiger partial charge in [0.15, 0.2) is 11.6 Å². The molecule has 3 N–H and O–H groups in total. The van der Waals surface area contributed by atoms with Crippen molar-refractivity contribution in [3.05, 3.63) is 51.2 Å². The highest BCUT2D eigenvalue weighted by molar-refractivity contribution is 7.12. The molecule has 106 valence electrons. The van der Waals surface area contributed by atoms with Crippen molar-refractivity contribution in [3.63, 3.8) is 0 Å². The lowest BCUT2D eigenvalue weighted by atomic mass is 10.1. The molecule has 1 aromatic carbocycles. The summed E-state index contributed by atoms with van der Waals surface area (Å²) >= 11 is 1.56. The minimum atomic E-state index is -1.09. The van der Waals surface area contributed by atoms with Crippen LogP contribution in [-0.2, 0) is 0 Å². The fraction of sp³-hybridized carbons (Fsp3) is 0.214. The largest absolute Gasteiger partial charge is 0.398 e. The maximum absolute atomic E-state index is 13.2. The minimum Gasteiger partial charge on any atom is -0.398 e. The average Bonchev–Trinajstić information content (AvgIpc) is 2.80. The third-order valence-corrected chi connectivity index (χ3v) is 4.06. The molecule has 0 saturated heterocycles. The Labute approximate surface area is 119 Å². The molecule has 0 saturated carbocycles. The quantitative estimate of drug-likeness (QED) is 0.853. The van der Waals surface area contributed by atoms with E-state index in [1.54, 1.807) is 11.3 Å². The topological polar surface area (TPSA) is 55.1 Å². The molecular weight excluding hydrogens is 282 g/mol. The van der Waals surface area contributed by atoms with E-state index in [1.807, 2.05) is 26.0 Å². The Balaban J connectivity index is 2.18. The molecule has 0 aliphatic carbocycles. The highest BCUT2D eigenvalue weighted by atomic mass is 32.1. The number of thiophene rings is 1. The van der Waals surface area contributed by atoms with Crippen LogP contribution in [0.25, 0.3) is 0 Å². The third-order valence-electron chi connectivity index (χ3n) is 2.87. The van der Waals surface area contributed by atoms with E-state index >= 15 is 0 Å². The van der Waals surface area contributed by atoms with Crippen LogP contribution in [0.5, 0.6) is 0 Å². The lowest BCUT2D eigenvalue weighted by Crippen LogP contribution is -2.27. The zero-order valence-corrected chi connectivity index (χ0v) is 11.9. The Bertz CT molecular complexity index is 655. The Kier molecular flexibility index (Phi) is 4.04. The molecule has 0 radical (unpaired) electrons. The highest BCUT2D eigenvalue weighted by Gasteiger charge is 2.17. The van der Waals surface area contributed by atoms with Crippen molar-refractivity contribution in [1.29, 1.82) is 0 Å². The number of hydrogen-bond donors (Lipinski definition) is 2. The van der Waals surface area contributed by atoms with Gasteiger partial charge in [0, 0.05) is 21.5 Å². The fourth-order valence-corrected chi connectivity index (χ4v) is 2.67. The predicted molar refractivity (Wildman–Crippen MR) is 75.7 cm³/mol. The minimum absolute atomic E-state index is 0.0657. The molecule has 1 heterocycles. The van der Waals surface area contributed by atoms with Crippen LogP contribution >= 0.6 is 11.3 Å². The van der Waals surface area contributed by atoms with Crippen LogP contribution in [0.4, 0.5) is 14.5 Å². The molecule has 3 nitrogen and oxygen atoms in total. The Morgan fingerprint density at radius 1 is 1.30 bits per heavy atom. The first-order valence-electron chi connectivity index (χ1n) is 6.00. The van der Waals surface area contributed by atoms with Crippen LogP contribution in [-0.4, -0.2) is 5.91 Å². The fourth-order valence-electron chi connectivity index (χ4n) is 1.79. The zero-order valence-electron chi connectivity index (χ0n) is 11.0. The van der Waals surface area contributed by atoms with Gasteiger partial charge in [0.25, 0.3) is 5.91 Å². The molecule has 0 bridgehead atoms. The number of carbonyl (C=O) groups is 1. The maximum atomic E-state index is 13.2. The van der Waals surface area contributed by atoms with E-state index < -0.39 is 17.5 Å². The number of rotatable bonds is 3. The van der Waals surface area contributed by atoms with Gasteiger partial charge in [-0.25, -0.2) is 8.78 Å². The standard InChI is InChI=1S/C14H14F2N2OS/c1-7-3-4-13(20-7)8(2)18-14(19)9-5-10(15)11(16)6-12(9)17/h3-6,8H,17H2,1-2H3,(H,18,19). The Morgan fingerprint density at radius 2 is 1.95 bits per heavy atom. The second-order valence-electron chi connectivity index (χ2n) is 4.50. The van der Waals surface area contributed by atoms with E-state index in [0.717, 1.165) is 21.9 Å². The van der Waals surface area contributed by atoms with Crippen LogP contribution < -0.4 is 11.1 Å². The van der Waals surface area contributed by atoms with E-state index in [9.17, 15) is 13.6 Å². The van der Waals surface area contributed by atoms with Crippen molar-refractivity contribution < 1.29 is 13.6 Å². The number of amides is 1. The molecule has 1 aromatic heterocycles. The van der Waals surface area contributed by atoms with Gasteiger partial charge in [-0.05, 0) is 32.0 Å². The smallest absolute Gasteiger partial charge is 0.253 e. The van der Waals surface area contributed by atoms with Crippen molar-refractivity contribution in [2.45, 2.75) is 19.9 Å². The van der Waals surface area contributed by atoms with Crippen LogP contribution in [0, 0.1) is 18.6 Å². The number of nitrogens with two attached hydrogens (primary N) is 1. The molecule has 2 aromatic rings. The molecule has 6 heteroatoms. The van der Waals surface area contributed by atoms with E-state index in [2.05, 4.69) is 5.32 Å². The van der Waals surface area contributed by atoms with Gasteiger partial charge < -0.3 is 11.1 Å². The molecule has 0 aliphatic heterocycles. The summed E-state index contributed by atoms with van der Waals surface area (Å²) in [5, 5.41) is 2.72. The van der Waals surface area contributed by atoms with Crippen LogP contribution in [0.3, 0.4) is 0 Å². The number of nitrogens with one attached hydrogen (secondary N) is 1. The van der Waals surface area contributed by atoms with Crippen LogP contribution in [0.15, 0.2) is 24.3 Å². The number of nitrogen functional groups attached to an aromatic ring is 1. The molecule has 1 atom stereocenters. The van der Waals surface area contributed by atoms with Gasteiger partial charge in [0.2, 0.25) is 0 Å². The van der Waals surface area contributed by atoms with Crippen molar-refractivity contribution in [2.75, 3.05) is 5.73 Å². The summed E-state index contributed by atoms with van der Waals surface area (Å²) in [6, 6.07) is 5.26. The van der Waals surface area contributed by atoms with Gasteiger partial charge in [0.1, 0.15) is 0 Å². The predicted octanol–water partition coefficient (Wildman–Crippen LogP) is 3.41. The number of carbonyl (C=O) groups excluding carboxylic acids is 1. The monoisotopic (exact) mass is 296 g/mol. The second-order valence-corrected chi connectivity index (χ2v) is 5.82. The van der Waals surface area contributed by atoms with Gasteiger partial charge in [-0.3, -0.25) is 4.79 Å². The SMILES string of the molecule is Cc1ccc(C(C)NC(=O)c2cc(F)c(F)cc2N)s1. The van der Waals surface area contributed by atoms with E-state index in [1.165, 1.54) is 0 Å². The molecule has 1 amide bonds. The van der Waals surface area contributed by atoms with E-state index in [4.69, 9.17) is 5.73 Å². The molecule has 2 rings (SSSR count). The Morgan fingerprint density at radius 3 is 2.55 bits per heavy atom. The van der Waals surface area contributed by atoms with E-state index in [0.29, 0.717) is 0 Å². The highest BCUT2D eigenvalue weighted by Crippen LogP contribution is 2.23. The van der Waals surface area contributed by atoms with Crippen molar-refractivity contribution >= 4 is 22.9 Å². The molecular formula is C14H14F2N2OS. The number of benzene rings is 1. The van der Waals surface area contributed by atoms with Crippen molar-refractivity contribution in [1.82, 2.24) is 5.32 Å². The van der Waals surface area contributed by atoms with Gasteiger partial charge in [0.05, 0.1) is 11.6 Å². The number of anilines is 1. The third kappa shape index (κ3) is 2.96. The summed E-state index contributed by atoms with van der Waals surface area (Å²) < 4.78 is 26.1. The summed E-state index contributed by atoms with van der Waals surface area (Å²) in [6.45, 7) is 3.79. The second kappa shape index (κ2) is 5.58. The molecule has 0 spiro atoms. The van der Waals surface area contributed by atoms with Crippen molar-refractivity contribution in [2.24, 2.45) is 0 Å². The van der Waals surface area contributed by atoms with E-state index in [-0.39, 0.29) is 17.3 Å². The summed E-state index contributed by atoms with van der Waals surface area (Å²) in [6.07, 6.45) is 0. The number of hydrogen-bond acceptors (Lipinski definition) is 3. The molecule has 20 heavy (non-hydrogen) atoms. The summed E-state index contributed by atoms with van der Waals surface area (Å²) in [5.41, 5.74) is 5.39. The van der Waals surface area contributed by atoms with Crippen LogP contribution in [0.2, 0.25) is 0 Å². The van der Waals surface area contributed by atoms with Gasteiger partial charge in [-0.2, -0.15) is 0 Å². The Hall–Kier alpha value is -1.95. The van der Waals surface area contributed by atoms with Gasteiger partial charge >= 0.3 is 0 Å². The van der Waals surface area contributed by atoms with Crippen LogP contribution in [0.1, 0.15) is 33.1 Å². The normalized spacial score (nSPS) is 12.2. The first kappa shape index (κ1) is 14.5. The lowest BCUT2D eigenvalue weighted by Gasteiger charge is -2.13. The van der Waals surface area contributed by atoms with Gasteiger partial charge in [-0.15, -0.1) is 11.3 Å².